The highest BCUT2D eigenvalue weighted by atomic mass is 35.5. The third-order valence-electron chi connectivity index (χ3n) is 4.56. The first-order valence-corrected chi connectivity index (χ1v) is 10.2. The van der Waals surface area contributed by atoms with Crippen molar-refractivity contribution in [1.82, 2.24) is 4.72 Å². The Labute approximate surface area is 161 Å². The van der Waals surface area contributed by atoms with Gasteiger partial charge < -0.3 is 14.4 Å². The highest BCUT2D eigenvalue weighted by molar-refractivity contribution is 7.89. The lowest BCUT2D eigenvalue weighted by Gasteiger charge is -2.17. The topological polar surface area (TPSA) is 84.9 Å². The summed E-state index contributed by atoms with van der Waals surface area (Å²) in [5, 5.41) is 0.467. The lowest BCUT2D eigenvalue weighted by molar-refractivity contribution is -0.117. The van der Waals surface area contributed by atoms with Crippen LogP contribution in [-0.4, -0.2) is 34.2 Å². The first kappa shape index (κ1) is 18.1. The molecular weight excluding hydrogens is 392 g/mol. The molecular formula is C18H17ClN2O5S. The van der Waals surface area contributed by atoms with Crippen LogP contribution in [0.3, 0.4) is 0 Å². The quantitative estimate of drug-likeness (QED) is 0.821. The Bertz CT molecular complexity index is 978. The molecule has 2 aliphatic heterocycles. The number of carbonyl (C=O) groups is 1. The maximum absolute atomic E-state index is 12.4. The maximum atomic E-state index is 12.4. The fraction of sp³-hybridized carbons (Fsp3) is 0.278. The molecule has 2 heterocycles. The van der Waals surface area contributed by atoms with Crippen LogP contribution in [0.25, 0.3) is 0 Å². The summed E-state index contributed by atoms with van der Waals surface area (Å²) in [6.45, 7) is 0.779. The zero-order valence-corrected chi connectivity index (χ0v) is 15.8. The standard InChI is InChI=1S/C18H17ClN2O5S/c19-13-1-4-15(5-2-13)27(23,24)20-9-12-7-18(22)21(10-12)14-3-6-16-17(8-14)26-11-25-16/h1-6,8,12,20H,7,9-11H2. The van der Waals surface area contributed by atoms with Gasteiger partial charge in [0.25, 0.3) is 0 Å². The van der Waals surface area contributed by atoms with E-state index < -0.39 is 10.0 Å². The summed E-state index contributed by atoms with van der Waals surface area (Å²) < 4.78 is 38.0. The van der Waals surface area contributed by atoms with Gasteiger partial charge in [-0.1, -0.05) is 11.6 Å². The van der Waals surface area contributed by atoms with Gasteiger partial charge >= 0.3 is 0 Å². The third-order valence-corrected chi connectivity index (χ3v) is 6.25. The molecule has 1 fully saturated rings. The monoisotopic (exact) mass is 408 g/mol. The molecule has 1 unspecified atom stereocenters. The van der Waals surface area contributed by atoms with Gasteiger partial charge in [0.05, 0.1) is 4.90 Å². The molecule has 0 aliphatic carbocycles. The van der Waals surface area contributed by atoms with Crippen LogP contribution >= 0.6 is 11.6 Å². The maximum Gasteiger partial charge on any atom is 0.240 e. The van der Waals surface area contributed by atoms with Crippen molar-refractivity contribution in [2.75, 3.05) is 24.8 Å². The van der Waals surface area contributed by atoms with Crippen LogP contribution in [0.2, 0.25) is 5.02 Å². The number of nitrogens with one attached hydrogen (secondary N) is 1. The SMILES string of the molecule is O=C1CC(CNS(=O)(=O)c2ccc(Cl)cc2)CN1c1ccc2c(c1)OCO2. The molecule has 2 aromatic carbocycles. The van der Waals surface area contributed by atoms with Gasteiger partial charge in [-0.3, -0.25) is 4.79 Å². The van der Waals surface area contributed by atoms with Crippen molar-refractivity contribution in [3.63, 3.8) is 0 Å². The minimum atomic E-state index is -3.65. The predicted molar refractivity (Wildman–Crippen MR) is 99.7 cm³/mol. The van der Waals surface area contributed by atoms with Gasteiger partial charge in [0.2, 0.25) is 22.7 Å². The lowest BCUT2D eigenvalue weighted by Crippen LogP contribution is -2.31. The largest absolute Gasteiger partial charge is 0.454 e. The van der Waals surface area contributed by atoms with E-state index in [0.29, 0.717) is 28.8 Å². The van der Waals surface area contributed by atoms with Gasteiger partial charge in [0.1, 0.15) is 0 Å². The molecule has 7 nitrogen and oxygen atoms in total. The number of rotatable bonds is 5. The average molecular weight is 409 g/mol. The van der Waals surface area contributed by atoms with E-state index in [2.05, 4.69) is 4.72 Å². The molecule has 1 atom stereocenters. The Hall–Kier alpha value is -2.29. The van der Waals surface area contributed by atoms with Gasteiger partial charge in [0, 0.05) is 36.3 Å². The molecule has 0 aromatic heterocycles. The molecule has 142 valence electrons. The summed E-state index contributed by atoms with van der Waals surface area (Å²) in [5.74, 6) is 1.08. The molecule has 2 aromatic rings. The fourth-order valence-electron chi connectivity index (χ4n) is 3.15. The molecule has 1 N–H and O–H groups in total. The first-order chi connectivity index (χ1) is 12.9. The van der Waals surface area contributed by atoms with E-state index in [1.165, 1.54) is 24.3 Å². The van der Waals surface area contributed by atoms with Crippen LogP contribution in [-0.2, 0) is 14.8 Å². The number of benzene rings is 2. The predicted octanol–water partition coefficient (Wildman–Crippen LogP) is 2.40. The van der Waals surface area contributed by atoms with Crippen molar-refractivity contribution in [3.05, 3.63) is 47.5 Å². The van der Waals surface area contributed by atoms with Crippen LogP contribution in [0.15, 0.2) is 47.4 Å². The number of ether oxygens (including phenoxy) is 2. The van der Waals surface area contributed by atoms with Crippen molar-refractivity contribution in [2.24, 2.45) is 5.92 Å². The molecule has 27 heavy (non-hydrogen) atoms. The number of hydrogen-bond acceptors (Lipinski definition) is 5. The second-order valence-electron chi connectivity index (χ2n) is 6.42. The first-order valence-electron chi connectivity index (χ1n) is 8.37. The zero-order valence-electron chi connectivity index (χ0n) is 14.2. The summed E-state index contributed by atoms with van der Waals surface area (Å²) in [7, 11) is -3.65. The average Bonchev–Trinajstić information content (AvgIpc) is 3.26. The molecule has 1 amide bonds. The number of sulfonamides is 1. The zero-order chi connectivity index (χ0) is 19.0. The van der Waals surface area contributed by atoms with E-state index in [1.54, 1.807) is 23.1 Å². The number of anilines is 1. The van der Waals surface area contributed by atoms with E-state index >= 15 is 0 Å². The van der Waals surface area contributed by atoms with E-state index in [9.17, 15) is 13.2 Å². The van der Waals surface area contributed by atoms with E-state index in [0.717, 1.165) is 0 Å². The van der Waals surface area contributed by atoms with Crippen LogP contribution in [0.1, 0.15) is 6.42 Å². The molecule has 0 bridgehead atoms. The molecule has 0 spiro atoms. The van der Waals surface area contributed by atoms with Crippen LogP contribution < -0.4 is 19.1 Å². The van der Waals surface area contributed by atoms with Crippen LogP contribution in [0.4, 0.5) is 5.69 Å². The van der Waals surface area contributed by atoms with Crippen LogP contribution in [0.5, 0.6) is 11.5 Å². The second-order valence-corrected chi connectivity index (χ2v) is 8.62. The minimum absolute atomic E-state index is 0.0513. The second kappa shape index (κ2) is 7.03. The Kier molecular flexibility index (Phi) is 4.71. The number of fused-ring (bicyclic) bond motifs is 1. The number of carbonyl (C=O) groups excluding carboxylic acids is 1. The Morgan fingerprint density at radius 2 is 1.85 bits per heavy atom. The van der Waals surface area contributed by atoms with Gasteiger partial charge in [-0.25, -0.2) is 13.1 Å². The summed E-state index contributed by atoms with van der Waals surface area (Å²) in [5.41, 5.74) is 0.715. The van der Waals surface area contributed by atoms with Gasteiger partial charge in [-0.05, 0) is 42.3 Å². The van der Waals surface area contributed by atoms with Gasteiger partial charge in [-0.2, -0.15) is 0 Å². The van der Waals surface area contributed by atoms with Gasteiger partial charge in [-0.15, -0.1) is 0 Å². The summed E-state index contributed by atoms with van der Waals surface area (Å²) in [6, 6.07) is 11.3. The highest BCUT2D eigenvalue weighted by Crippen LogP contribution is 2.37. The van der Waals surface area contributed by atoms with Crippen molar-refractivity contribution >= 4 is 33.2 Å². The van der Waals surface area contributed by atoms with Crippen LogP contribution in [0, 0.1) is 5.92 Å². The molecule has 0 radical (unpaired) electrons. The summed E-state index contributed by atoms with van der Waals surface area (Å²) in [6.07, 6.45) is 0.275. The van der Waals surface area contributed by atoms with Crippen molar-refractivity contribution in [1.29, 1.82) is 0 Å². The Morgan fingerprint density at radius 3 is 2.63 bits per heavy atom. The Morgan fingerprint density at radius 1 is 1.11 bits per heavy atom. The normalized spacial score (nSPS) is 18.9. The minimum Gasteiger partial charge on any atom is -0.454 e. The number of amides is 1. The number of nitrogens with zero attached hydrogens (tertiary/aromatic N) is 1. The summed E-state index contributed by atoms with van der Waals surface area (Å²) in [4.78, 5) is 14.2. The fourth-order valence-corrected chi connectivity index (χ4v) is 4.39. The molecule has 1 saturated heterocycles. The van der Waals surface area contributed by atoms with E-state index in [-0.39, 0.29) is 36.5 Å². The number of halogens is 1. The smallest absolute Gasteiger partial charge is 0.240 e. The molecule has 4 rings (SSSR count). The molecule has 2 aliphatic rings. The van der Waals surface area contributed by atoms with Crippen molar-refractivity contribution in [2.45, 2.75) is 11.3 Å². The van der Waals surface area contributed by atoms with E-state index in [4.69, 9.17) is 21.1 Å². The Balaban J connectivity index is 1.41. The summed E-state index contributed by atoms with van der Waals surface area (Å²) >= 11 is 5.79. The molecule has 9 heteroatoms. The van der Waals surface area contributed by atoms with E-state index in [1.807, 2.05) is 0 Å². The lowest BCUT2D eigenvalue weighted by atomic mass is 10.1. The highest BCUT2D eigenvalue weighted by Gasteiger charge is 2.32. The van der Waals surface area contributed by atoms with Gasteiger partial charge in [0.15, 0.2) is 11.5 Å². The number of hydrogen-bond donors (Lipinski definition) is 1. The third kappa shape index (κ3) is 3.73. The van der Waals surface area contributed by atoms with Crippen molar-refractivity contribution < 1.29 is 22.7 Å². The van der Waals surface area contributed by atoms with Crippen molar-refractivity contribution in [3.8, 4) is 11.5 Å². The molecule has 0 saturated carbocycles.